The van der Waals surface area contributed by atoms with E-state index >= 15 is 0 Å². The molecule has 0 aliphatic carbocycles. The molecule has 0 aromatic heterocycles. The number of hydrogen-bond acceptors (Lipinski definition) is 1. The van der Waals surface area contributed by atoms with Crippen LogP contribution in [0.2, 0.25) is 0 Å². The van der Waals surface area contributed by atoms with Gasteiger partial charge in [-0.3, -0.25) is 4.90 Å². The Kier molecular flexibility index (Phi) is 4.43. The lowest BCUT2D eigenvalue weighted by Crippen LogP contribution is -2.42. The van der Waals surface area contributed by atoms with Crippen molar-refractivity contribution in [3.8, 4) is 0 Å². The highest BCUT2D eigenvalue weighted by molar-refractivity contribution is 4.99. The molecule has 0 aromatic rings. The van der Waals surface area contributed by atoms with Crippen molar-refractivity contribution in [2.45, 2.75) is 39.7 Å². The average molecular weight is 155 g/mol. The van der Waals surface area contributed by atoms with Crippen molar-refractivity contribution in [2.24, 2.45) is 0 Å². The van der Waals surface area contributed by atoms with Crippen LogP contribution in [0.25, 0.3) is 0 Å². The van der Waals surface area contributed by atoms with Crippen LogP contribution in [0.1, 0.15) is 34.1 Å². The Morgan fingerprint density at radius 2 is 1.73 bits per heavy atom. The number of rotatable bonds is 0. The minimum atomic E-state index is 0.384. The van der Waals surface area contributed by atoms with Gasteiger partial charge in [0.25, 0.3) is 0 Å². The molecule has 0 unspecified atom stereocenters. The van der Waals surface area contributed by atoms with Crippen molar-refractivity contribution >= 4 is 0 Å². The van der Waals surface area contributed by atoms with Gasteiger partial charge < -0.3 is 0 Å². The van der Waals surface area contributed by atoms with Gasteiger partial charge in [0.1, 0.15) is 0 Å². The third-order valence-electron chi connectivity index (χ3n) is 2.20. The molecule has 1 aliphatic rings. The Balaban J connectivity index is 0.000000461. The van der Waals surface area contributed by atoms with Crippen molar-refractivity contribution in [2.75, 3.05) is 13.6 Å². The molecule has 0 saturated heterocycles. The topological polar surface area (TPSA) is 3.24 Å². The van der Waals surface area contributed by atoms with Gasteiger partial charge in [-0.25, -0.2) is 0 Å². The van der Waals surface area contributed by atoms with Crippen LogP contribution < -0.4 is 0 Å². The Bertz CT molecular complexity index is 125. The lowest BCUT2D eigenvalue weighted by atomic mass is 9.96. The number of likely N-dealkylation sites (N-methyl/N-ethyl adjacent to an activating group) is 1. The summed E-state index contributed by atoms with van der Waals surface area (Å²) >= 11 is 0. The summed E-state index contributed by atoms with van der Waals surface area (Å²) in [6.45, 7) is 9.65. The molecule has 0 N–H and O–H groups in total. The lowest BCUT2D eigenvalue weighted by Gasteiger charge is -2.36. The molecule has 1 nitrogen and oxygen atoms in total. The van der Waals surface area contributed by atoms with Gasteiger partial charge in [0.15, 0.2) is 0 Å². The molecule has 0 fully saturated rings. The normalized spacial score (nSPS) is 22.3. The van der Waals surface area contributed by atoms with Crippen LogP contribution in [0.15, 0.2) is 12.2 Å². The molecule has 0 radical (unpaired) electrons. The molecule has 11 heavy (non-hydrogen) atoms. The SMILES string of the molecule is CC.CN1CC=CCC1(C)C. The lowest BCUT2D eigenvalue weighted by molar-refractivity contribution is 0.167. The molecule has 1 heterocycles. The minimum Gasteiger partial charge on any atom is -0.297 e. The molecule has 0 bridgehead atoms. The van der Waals surface area contributed by atoms with Crippen LogP contribution in [0.4, 0.5) is 0 Å². The number of hydrogen-bond donors (Lipinski definition) is 0. The highest BCUT2D eigenvalue weighted by Crippen LogP contribution is 2.20. The molecule has 1 rings (SSSR count). The highest BCUT2D eigenvalue weighted by atomic mass is 15.2. The van der Waals surface area contributed by atoms with E-state index in [-0.39, 0.29) is 0 Å². The molecule has 0 aromatic carbocycles. The van der Waals surface area contributed by atoms with Crippen molar-refractivity contribution in [1.29, 1.82) is 0 Å². The molecule has 0 spiro atoms. The van der Waals surface area contributed by atoms with Gasteiger partial charge in [0.2, 0.25) is 0 Å². The summed E-state index contributed by atoms with van der Waals surface area (Å²) in [5.41, 5.74) is 0.384. The van der Waals surface area contributed by atoms with Crippen LogP contribution in [0.3, 0.4) is 0 Å². The van der Waals surface area contributed by atoms with E-state index in [0.717, 1.165) is 6.54 Å². The molecular formula is C10H21N. The fourth-order valence-corrected chi connectivity index (χ4v) is 1.01. The van der Waals surface area contributed by atoms with E-state index in [9.17, 15) is 0 Å². The zero-order chi connectivity index (χ0) is 8.91. The van der Waals surface area contributed by atoms with Gasteiger partial charge in [0, 0.05) is 12.1 Å². The summed E-state index contributed by atoms with van der Waals surface area (Å²) in [4.78, 5) is 2.37. The summed E-state index contributed by atoms with van der Waals surface area (Å²) < 4.78 is 0. The van der Waals surface area contributed by atoms with E-state index < -0.39 is 0 Å². The van der Waals surface area contributed by atoms with E-state index in [1.807, 2.05) is 13.8 Å². The zero-order valence-corrected chi connectivity index (χ0v) is 8.52. The van der Waals surface area contributed by atoms with E-state index in [1.54, 1.807) is 0 Å². The zero-order valence-electron chi connectivity index (χ0n) is 8.52. The van der Waals surface area contributed by atoms with Crippen molar-refractivity contribution < 1.29 is 0 Å². The maximum absolute atomic E-state index is 2.37. The van der Waals surface area contributed by atoms with Crippen LogP contribution in [-0.4, -0.2) is 24.0 Å². The van der Waals surface area contributed by atoms with Crippen LogP contribution >= 0.6 is 0 Å². The maximum atomic E-state index is 2.37. The Labute approximate surface area is 71.1 Å². The molecular weight excluding hydrogens is 134 g/mol. The van der Waals surface area contributed by atoms with Gasteiger partial charge in [-0.1, -0.05) is 26.0 Å². The van der Waals surface area contributed by atoms with E-state index in [2.05, 4.69) is 37.9 Å². The smallest absolute Gasteiger partial charge is 0.0187 e. The predicted octanol–water partition coefficient (Wildman–Crippen LogP) is 2.68. The van der Waals surface area contributed by atoms with Gasteiger partial charge in [-0.15, -0.1) is 0 Å². The minimum absolute atomic E-state index is 0.384. The first kappa shape index (κ1) is 10.7. The average Bonchev–Trinajstić information content (AvgIpc) is 2.00. The first-order chi connectivity index (χ1) is 5.13. The fraction of sp³-hybridized carbons (Fsp3) is 0.800. The Morgan fingerprint density at radius 3 is 2.00 bits per heavy atom. The maximum Gasteiger partial charge on any atom is 0.0187 e. The first-order valence-electron chi connectivity index (χ1n) is 4.49. The van der Waals surface area contributed by atoms with Crippen molar-refractivity contribution in [3.63, 3.8) is 0 Å². The van der Waals surface area contributed by atoms with Gasteiger partial charge in [0.05, 0.1) is 0 Å². The van der Waals surface area contributed by atoms with Gasteiger partial charge >= 0.3 is 0 Å². The Hall–Kier alpha value is -0.300. The first-order valence-corrected chi connectivity index (χ1v) is 4.49. The van der Waals surface area contributed by atoms with Gasteiger partial charge in [-0.2, -0.15) is 0 Å². The Morgan fingerprint density at radius 1 is 1.18 bits per heavy atom. The second-order valence-corrected chi connectivity index (χ2v) is 3.37. The summed E-state index contributed by atoms with van der Waals surface area (Å²) in [6, 6.07) is 0. The second-order valence-electron chi connectivity index (χ2n) is 3.37. The van der Waals surface area contributed by atoms with E-state index in [4.69, 9.17) is 0 Å². The summed E-state index contributed by atoms with van der Waals surface area (Å²) in [7, 11) is 2.17. The van der Waals surface area contributed by atoms with Crippen molar-refractivity contribution in [1.82, 2.24) is 4.90 Å². The standard InChI is InChI=1S/C8H15N.C2H6/c1-8(2)6-4-5-7-9(8)3;1-2/h4-5H,6-7H2,1-3H3;1-2H3. The third kappa shape index (κ3) is 3.06. The molecule has 1 heteroatoms. The van der Waals surface area contributed by atoms with Crippen LogP contribution in [-0.2, 0) is 0 Å². The highest BCUT2D eigenvalue weighted by Gasteiger charge is 2.22. The largest absolute Gasteiger partial charge is 0.297 e. The van der Waals surface area contributed by atoms with E-state index in [1.165, 1.54) is 6.42 Å². The molecule has 0 atom stereocenters. The van der Waals surface area contributed by atoms with Crippen LogP contribution in [0.5, 0.6) is 0 Å². The third-order valence-corrected chi connectivity index (χ3v) is 2.20. The molecule has 1 aliphatic heterocycles. The van der Waals surface area contributed by atoms with Crippen molar-refractivity contribution in [3.05, 3.63) is 12.2 Å². The van der Waals surface area contributed by atoms with Crippen LogP contribution in [0, 0.1) is 0 Å². The summed E-state index contributed by atoms with van der Waals surface area (Å²) in [6.07, 6.45) is 5.68. The molecule has 0 amide bonds. The molecule has 0 saturated carbocycles. The molecule has 66 valence electrons. The van der Waals surface area contributed by atoms with Gasteiger partial charge in [-0.05, 0) is 27.3 Å². The fourth-order valence-electron chi connectivity index (χ4n) is 1.01. The quantitative estimate of drug-likeness (QED) is 0.486. The number of nitrogens with zero attached hydrogens (tertiary/aromatic N) is 1. The van der Waals surface area contributed by atoms with E-state index in [0.29, 0.717) is 5.54 Å². The predicted molar refractivity (Wildman–Crippen MR) is 51.8 cm³/mol. The summed E-state index contributed by atoms with van der Waals surface area (Å²) in [5.74, 6) is 0. The monoisotopic (exact) mass is 155 g/mol. The summed E-state index contributed by atoms with van der Waals surface area (Å²) in [5, 5.41) is 0. The second kappa shape index (κ2) is 4.55.